The van der Waals surface area contributed by atoms with Crippen molar-refractivity contribution in [1.82, 2.24) is 4.31 Å². The van der Waals surface area contributed by atoms with Crippen molar-refractivity contribution in [3.63, 3.8) is 0 Å². The molecule has 1 aliphatic rings. The highest BCUT2D eigenvalue weighted by Crippen LogP contribution is 2.32. The normalized spacial score (nSPS) is 21.3. The van der Waals surface area contributed by atoms with Crippen LogP contribution in [0.4, 0.5) is 8.78 Å². The molecule has 0 radical (unpaired) electrons. The van der Waals surface area contributed by atoms with Crippen LogP contribution >= 0.6 is 0 Å². The van der Waals surface area contributed by atoms with Crippen molar-refractivity contribution in [1.29, 1.82) is 0 Å². The highest BCUT2D eigenvalue weighted by Gasteiger charge is 2.34. The first-order valence-corrected chi connectivity index (χ1v) is 8.10. The Labute approximate surface area is 116 Å². The largest absolute Gasteiger partial charge is 0.618 e. The van der Waals surface area contributed by atoms with E-state index in [0.717, 1.165) is 6.26 Å². The van der Waals surface area contributed by atoms with E-state index in [4.69, 9.17) is 0 Å². The van der Waals surface area contributed by atoms with Crippen LogP contribution < -0.4 is 4.73 Å². The van der Waals surface area contributed by atoms with E-state index in [1.54, 1.807) is 0 Å². The van der Waals surface area contributed by atoms with E-state index in [9.17, 15) is 22.4 Å². The van der Waals surface area contributed by atoms with E-state index < -0.39 is 22.4 Å². The van der Waals surface area contributed by atoms with Crippen molar-refractivity contribution in [2.24, 2.45) is 0 Å². The second-order valence-electron chi connectivity index (χ2n) is 4.94. The quantitative estimate of drug-likeness (QED) is 0.626. The van der Waals surface area contributed by atoms with E-state index in [-0.39, 0.29) is 17.8 Å². The average molecular weight is 306 g/mol. The molecule has 1 aromatic heterocycles. The zero-order valence-electron chi connectivity index (χ0n) is 11.0. The Balaban J connectivity index is 2.36. The molecule has 1 fully saturated rings. The van der Waals surface area contributed by atoms with Crippen LogP contribution in [0, 0.1) is 5.21 Å². The average Bonchev–Trinajstić information content (AvgIpc) is 2.37. The summed E-state index contributed by atoms with van der Waals surface area (Å²) in [6.07, 6.45) is 0.577. The minimum atomic E-state index is -3.38. The number of hydrogen-bond donors (Lipinski definition) is 0. The number of nitrogens with zero attached hydrogens (tertiary/aromatic N) is 2. The molecule has 0 amide bonds. The van der Waals surface area contributed by atoms with Crippen LogP contribution in [-0.2, 0) is 10.0 Å². The van der Waals surface area contributed by atoms with Crippen molar-refractivity contribution in [3.8, 4) is 0 Å². The molecular formula is C12H16F2N2O3S. The molecule has 2 rings (SSSR count). The third kappa shape index (κ3) is 3.06. The summed E-state index contributed by atoms with van der Waals surface area (Å²) in [7, 11) is -3.38. The van der Waals surface area contributed by atoms with E-state index in [2.05, 4.69) is 0 Å². The van der Waals surface area contributed by atoms with Gasteiger partial charge in [0.15, 0.2) is 6.20 Å². The van der Waals surface area contributed by atoms with E-state index in [1.807, 2.05) is 0 Å². The molecule has 1 unspecified atom stereocenters. The summed E-state index contributed by atoms with van der Waals surface area (Å²) in [4.78, 5) is 0. The minimum Gasteiger partial charge on any atom is -0.618 e. The molecule has 1 atom stereocenters. The van der Waals surface area contributed by atoms with Crippen LogP contribution in [0.3, 0.4) is 0 Å². The number of piperidine rings is 1. The molecular weight excluding hydrogens is 290 g/mol. The third-order valence-corrected chi connectivity index (χ3v) is 4.78. The Morgan fingerprint density at radius 3 is 2.80 bits per heavy atom. The molecule has 8 heteroatoms. The maximum absolute atomic E-state index is 13.0. The molecule has 20 heavy (non-hydrogen) atoms. The summed E-state index contributed by atoms with van der Waals surface area (Å²) in [6, 6.07) is 2.49. The summed E-state index contributed by atoms with van der Waals surface area (Å²) in [5, 5.41) is 11.8. The maximum atomic E-state index is 13.0. The van der Waals surface area contributed by atoms with Gasteiger partial charge in [0.2, 0.25) is 15.7 Å². The van der Waals surface area contributed by atoms with Gasteiger partial charge in [-0.15, -0.1) is 0 Å². The van der Waals surface area contributed by atoms with Gasteiger partial charge in [0, 0.05) is 19.2 Å². The summed E-state index contributed by atoms with van der Waals surface area (Å²) >= 11 is 0. The van der Waals surface area contributed by atoms with Crippen molar-refractivity contribution in [3.05, 3.63) is 34.8 Å². The molecule has 0 spiro atoms. The van der Waals surface area contributed by atoms with Gasteiger partial charge in [0.1, 0.15) is 0 Å². The SMILES string of the molecule is CS(=O)(=O)N1CCCC(c2c(C(F)F)ccc[n+]2[O-])C1. The van der Waals surface area contributed by atoms with Crippen LogP contribution in [0.15, 0.2) is 18.3 Å². The van der Waals surface area contributed by atoms with Gasteiger partial charge in [-0.2, -0.15) is 4.73 Å². The van der Waals surface area contributed by atoms with Gasteiger partial charge in [-0.25, -0.2) is 21.5 Å². The molecule has 0 aliphatic carbocycles. The van der Waals surface area contributed by atoms with Crippen molar-refractivity contribution in [2.45, 2.75) is 25.2 Å². The number of rotatable bonds is 3. The Kier molecular flexibility index (Phi) is 4.24. The van der Waals surface area contributed by atoms with Gasteiger partial charge in [0.25, 0.3) is 6.43 Å². The van der Waals surface area contributed by atoms with Crippen molar-refractivity contribution >= 4 is 10.0 Å². The highest BCUT2D eigenvalue weighted by molar-refractivity contribution is 7.88. The predicted octanol–water partition coefficient (Wildman–Crippen LogP) is 1.40. The molecule has 1 aromatic rings. The Morgan fingerprint density at radius 1 is 1.50 bits per heavy atom. The summed E-state index contributed by atoms with van der Waals surface area (Å²) in [5.41, 5.74) is -0.335. The number of sulfonamides is 1. The lowest BCUT2D eigenvalue weighted by atomic mass is 9.92. The minimum absolute atomic E-state index is 0.0177. The summed E-state index contributed by atoms with van der Waals surface area (Å²) in [5.74, 6) is -0.499. The monoisotopic (exact) mass is 306 g/mol. The molecule has 112 valence electrons. The lowest BCUT2D eigenvalue weighted by molar-refractivity contribution is -0.616. The molecule has 0 N–H and O–H groups in total. The summed E-state index contributed by atoms with van der Waals surface area (Å²) < 4.78 is 50.8. The number of alkyl halides is 2. The number of hydrogen-bond acceptors (Lipinski definition) is 3. The fraction of sp³-hybridized carbons (Fsp3) is 0.583. The van der Waals surface area contributed by atoms with Gasteiger partial charge < -0.3 is 5.21 Å². The highest BCUT2D eigenvalue weighted by atomic mass is 32.2. The topological polar surface area (TPSA) is 64.3 Å². The zero-order valence-corrected chi connectivity index (χ0v) is 11.8. The first-order chi connectivity index (χ1) is 9.30. The Morgan fingerprint density at radius 2 is 2.20 bits per heavy atom. The lowest BCUT2D eigenvalue weighted by Gasteiger charge is -2.30. The smallest absolute Gasteiger partial charge is 0.269 e. The number of halogens is 2. The van der Waals surface area contributed by atoms with Gasteiger partial charge >= 0.3 is 0 Å². The molecule has 2 heterocycles. The predicted molar refractivity (Wildman–Crippen MR) is 68.8 cm³/mol. The summed E-state index contributed by atoms with van der Waals surface area (Å²) in [6.45, 7) is 0.440. The van der Waals surface area contributed by atoms with Crippen LogP contribution in [0.25, 0.3) is 0 Å². The molecule has 1 saturated heterocycles. The second kappa shape index (κ2) is 5.61. The standard InChI is InChI=1S/C12H16F2N2O3S/c1-20(18,19)15-6-2-4-9(8-15)11-10(12(13)14)5-3-7-16(11)17/h3,5,7,9,12H,2,4,6,8H2,1H3. The lowest BCUT2D eigenvalue weighted by Crippen LogP contribution is -2.43. The van der Waals surface area contributed by atoms with Crippen LogP contribution in [0.1, 0.15) is 36.4 Å². The molecule has 1 aliphatic heterocycles. The fourth-order valence-corrected chi connectivity index (χ4v) is 3.50. The molecule has 0 saturated carbocycles. The fourth-order valence-electron chi connectivity index (χ4n) is 2.58. The zero-order chi connectivity index (χ0) is 14.9. The maximum Gasteiger partial charge on any atom is 0.269 e. The van der Waals surface area contributed by atoms with Gasteiger partial charge in [-0.05, 0) is 18.9 Å². The third-order valence-electron chi connectivity index (χ3n) is 3.51. The first-order valence-electron chi connectivity index (χ1n) is 6.26. The van der Waals surface area contributed by atoms with Crippen LogP contribution in [0.5, 0.6) is 0 Å². The van der Waals surface area contributed by atoms with Crippen molar-refractivity contribution in [2.75, 3.05) is 19.3 Å². The van der Waals surface area contributed by atoms with Gasteiger partial charge in [0.05, 0.1) is 17.7 Å². The van der Waals surface area contributed by atoms with E-state index >= 15 is 0 Å². The Bertz CT molecular complexity index is 592. The Hall–Kier alpha value is -1.28. The van der Waals surface area contributed by atoms with Crippen LogP contribution in [-0.4, -0.2) is 32.1 Å². The van der Waals surface area contributed by atoms with E-state index in [0.29, 0.717) is 24.1 Å². The number of aromatic nitrogens is 1. The number of pyridine rings is 1. The van der Waals surface area contributed by atoms with Gasteiger partial charge in [-0.3, -0.25) is 0 Å². The molecule has 5 nitrogen and oxygen atoms in total. The first kappa shape index (κ1) is 15.1. The molecule has 0 bridgehead atoms. The molecule has 0 aromatic carbocycles. The van der Waals surface area contributed by atoms with Gasteiger partial charge in [-0.1, -0.05) is 0 Å². The van der Waals surface area contributed by atoms with Crippen LogP contribution in [0.2, 0.25) is 0 Å². The second-order valence-corrected chi connectivity index (χ2v) is 6.92. The van der Waals surface area contributed by atoms with E-state index in [1.165, 1.54) is 22.6 Å². The van der Waals surface area contributed by atoms with Crippen molar-refractivity contribution < 1.29 is 21.9 Å².